The van der Waals surface area contributed by atoms with Crippen molar-refractivity contribution >= 4 is 27.5 Å². The van der Waals surface area contributed by atoms with Crippen molar-refractivity contribution in [3.63, 3.8) is 0 Å². The van der Waals surface area contributed by atoms with Crippen LogP contribution in [0.15, 0.2) is 29.2 Å². The Hall–Kier alpha value is -1.97. The zero-order valence-electron chi connectivity index (χ0n) is 14.6. The summed E-state index contributed by atoms with van der Waals surface area (Å²) in [6.07, 6.45) is 0. The Kier molecular flexibility index (Phi) is 6.15. The van der Waals surface area contributed by atoms with Crippen LogP contribution in [0.4, 0.5) is 5.69 Å². The van der Waals surface area contributed by atoms with E-state index in [-0.39, 0.29) is 22.8 Å². The molecule has 1 aliphatic rings. The first kappa shape index (κ1) is 19.4. The Morgan fingerprint density at radius 1 is 1.28 bits per heavy atom. The number of benzene rings is 1. The minimum Gasteiger partial charge on any atom is -0.336 e. The predicted molar refractivity (Wildman–Crippen MR) is 94.6 cm³/mol. The summed E-state index contributed by atoms with van der Waals surface area (Å²) in [5.74, 6) is -0.481. The number of nitrogens with one attached hydrogen (secondary N) is 3. The van der Waals surface area contributed by atoms with E-state index >= 15 is 0 Å². The minimum absolute atomic E-state index is 0.0187. The van der Waals surface area contributed by atoms with Gasteiger partial charge in [-0.3, -0.25) is 9.59 Å². The number of hydrogen-bond acceptors (Lipinski definition) is 5. The number of nitrogens with zero attached hydrogens (tertiary/aromatic N) is 1. The van der Waals surface area contributed by atoms with E-state index in [2.05, 4.69) is 15.4 Å². The molecule has 8 nitrogen and oxygen atoms in total. The van der Waals surface area contributed by atoms with Gasteiger partial charge in [0.25, 0.3) is 0 Å². The van der Waals surface area contributed by atoms with Gasteiger partial charge in [0.05, 0.1) is 10.9 Å². The summed E-state index contributed by atoms with van der Waals surface area (Å²) in [5.41, 5.74) is 0.505. The van der Waals surface area contributed by atoms with Crippen molar-refractivity contribution in [3.8, 4) is 0 Å². The molecule has 2 amide bonds. The molecule has 1 unspecified atom stereocenters. The summed E-state index contributed by atoms with van der Waals surface area (Å²) in [7, 11) is -3.83. The Morgan fingerprint density at radius 3 is 2.48 bits per heavy atom. The summed E-state index contributed by atoms with van der Waals surface area (Å²) < 4.78 is 27.4. The van der Waals surface area contributed by atoms with Gasteiger partial charge in [0.15, 0.2) is 0 Å². The SMILES string of the molecule is CC(=O)Nc1ccc(S(=O)(=O)NC(C)C(=O)N2CCNC[C@@H]2C)cc1. The van der Waals surface area contributed by atoms with Crippen molar-refractivity contribution in [2.75, 3.05) is 25.0 Å². The van der Waals surface area contributed by atoms with Crippen molar-refractivity contribution in [2.45, 2.75) is 37.8 Å². The smallest absolute Gasteiger partial charge is 0.241 e. The molecule has 3 N–H and O–H groups in total. The quantitative estimate of drug-likeness (QED) is 0.685. The molecule has 1 aromatic rings. The van der Waals surface area contributed by atoms with Gasteiger partial charge in [0.2, 0.25) is 21.8 Å². The molecule has 0 radical (unpaired) electrons. The molecule has 25 heavy (non-hydrogen) atoms. The lowest BCUT2D eigenvalue weighted by molar-refractivity contribution is -0.135. The van der Waals surface area contributed by atoms with E-state index in [1.807, 2.05) is 6.92 Å². The second kappa shape index (κ2) is 7.94. The molecule has 0 aromatic heterocycles. The Balaban J connectivity index is 2.06. The topological polar surface area (TPSA) is 108 Å². The van der Waals surface area contributed by atoms with Crippen molar-refractivity contribution in [2.24, 2.45) is 0 Å². The van der Waals surface area contributed by atoms with Gasteiger partial charge in [-0.15, -0.1) is 0 Å². The van der Waals surface area contributed by atoms with Crippen LogP contribution in [0.1, 0.15) is 20.8 Å². The van der Waals surface area contributed by atoms with E-state index in [0.717, 1.165) is 0 Å². The monoisotopic (exact) mass is 368 g/mol. The molecule has 2 atom stereocenters. The minimum atomic E-state index is -3.83. The van der Waals surface area contributed by atoms with E-state index in [1.165, 1.54) is 31.2 Å². The van der Waals surface area contributed by atoms with Gasteiger partial charge < -0.3 is 15.5 Å². The van der Waals surface area contributed by atoms with E-state index in [0.29, 0.717) is 25.3 Å². The van der Waals surface area contributed by atoms with Crippen LogP contribution in [-0.2, 0) is 19.6 Å². The third-order valence-electron chi connectivity index (χ3n) is 3.97. The molecule has 1 fully saturated rings. The van der Waals surface area contributed by atoms with Crippen molar-refractivity contribution in [1.29, 1.82) is 0 Å². The van der Waals surface area contributed by atoms with E-state index in [9.17, 15) is 18.0 Å². The van der Waals surface area contributed by atoms with Crippen LogP contribution < -0.4 is 15.4 Å². The molecular weight excluding hydrogens is 344 g/mol. The van der Waals surface area contributed by atoms with Crippen LogP contribution in [0.25, 0.3) is 0 Å². The van der Waals surface area contributed by atoms with Gasteiger partial charge in [0.1, 0.15) is 0 Å². The molecule has 0 spiro atoms. The molecule has 1 heterocycles. The lowest BCUT2D eigenvalue weighted by atomic mass is 10.2. The Bertz CT molecular complexity index is 733. The summed E-state index contributed by atoms with van der Waals surface area (Å²) in [5, 5.41) is 5.76. The first-order valence-corrected chi connectivity index (χ1v) is 9.60. The lowest BCUT2D eigenvalue weighted by Gasteiger charge is -2.35. The highest BCUT2D eigenvalue weighted by atomic mass is 32.2. The average Bonchev–Trinajstić information content (AvgIpc) is 2.54. The van der Waals surface area contributed by atoms with Gasteiger partial charge in [-0.25, -0.2) is 8.42 Å². The zero-order chi connectivity index (χ0) is 18.6. The van der Waals surface area contributed by atoms with Crippen LogP contribution in [0.2, 0.25) is 0 Å². The highest BCUT2D eigenvalue weighted by molar-refractivity contribution is 7.89. The van der Waals surface area contributed by atoms with E-state index < -0.39 is 16.1 Å². The molecule has 0 bridgehead atoms. The number of carbonyl (C=O) groups excluding carboxylic acids is 2. The molecular formula is C16H24N4O4S. The maximum absolute atomic E-state index is 12.5. The standard InChI is InChI=1S/C16H24N4O4S/c1-11-10-17-8-9-20(11)16(22)12(2)19-25(23,24)15-6-4-14(5-7-15)18-13(3)21/h4-7,11-12,17,19H,8-10H2,1-3H3,(H,18,21)/t11-,12?/m0/s1. The number of rotatable bonds is 5. The number of hydrogen-bond donors (Lipinski definition) is 3. The molecule has 1 aliphatic heterocycles. The normalized spacial score (nSPS) is 19.3. The zero-order valence-corrected chi connectivity index (χ0v) is 15.4. The summed E-state index contributed by atoms with van der Waals surface area (Å²) in [6.45, 7) is 6.77. The number of sulfonamides is 1. The fourth-order valence-electron chi connectivity index (χ4n) is 2.69. The molecule has 9 heteroatoms. The van der Waals surface area contributed by atoms with Crippen molar-refractivity contribution in [3.05, 3.63) is 24.3 Å². The fourth-order valence-corrected chi connectivity index (χ4v) is 3.89. The molecule has 0 aliphatic carbocycles. The third-order valence-corrected chi connectivity index (χ3v) is 5.53. The van der Waals surface area contributed by atoms with Gasteiger partial charge in [-0.05, 0) is 38.1 Å². The Morgan fingerprint density at radius 2 is 1.92 bits per heavy atom. The van der Waals surface area contributed by atoms with Gasteiger partial charge in [0, 0.05) is 38.3 Å². The molecule has 2 rings (SSSR count). The first-order valence-electron chi connectivity index (χ1n) is 8.12. The number of amides is 2. The van der Waals surface area contributed by atoms with E-state index in [1.54, 1.807) is 11.8 Å². The second-order valence-electron chi connectivity index (χ2n) is 6.13. The van der Waals surface area contributed by atoms with Crippen LogP contribution in [0.3, 0.4) is 0 Å². The predicted octanol–water partition coefficient (Wildman–Crippen LogP) is 0.132. The van der Waals surface area contributed by atoms with Gasteiger partial charge in [-0.2, -0.15) is 4.72 Å². The molecule has 1 saturated heterocycles. The Labute approximate surface area is 148 Å². The van der Waals surface area contributed by atoms with Crippen LogP contribution >= 0.6 is 0 Å². The van der Waals surface area contributed by atoms with Crippen LogP contribution in [0, 0.1) is 0 Å². The maximum Gasteiger partial charge on any atom is 0.241 e. The van der Waals surface area contributed by atoms with Gasteiger partial charge >= 0.3 is 0 Å². The fraction of sp³-hybridized carbons (Fsp3) is 0.500. The summed E-state index contributed by atoms with van der Waals surface area (Å²) in [6, 6.07) is 4.93. The number of piperazine rings is 1. The highest BCUT2D eigenvalue weighted by Gasteiger charge is 2.29. The first-order chi connectivity index (χ1) is 11.7. The lowest BCUT2D eigenvalue weighted by Crippen LogP contribution is -2.57. The molecule has 138 valence electrons. The number of carbonyl (C=O) groups is 2. The molecule has 0 saturated carbocycles. The highest BCUT2D eigenvalue weighted by Crippen LogP contribution is 2.15. The summed E-state index contributed by atoms with van der Waals surface area (Å²) in [4.78, 5) is 25.2. The third kappa shape index (κ3) is 5.00. The van der Waals surface area contributed by atoms with E-state index in [4.69, 9.17) is 0 Å². The average molecular weight is 368 g/mol. The van der Waals surface area contributed by atoms with Crippen molar-refractivity contribution < 1.29 is 18.0 Å². The largest absolute Gasteiger partial charge is 0.336 e. The van der Waals surface area contributed by atoms with Gasteiger partial charge in [-0.1, -0.05) is 0 Å². The second-order valence-corrected chi connectivity index (χ2v) is 7.85. The molecule has 1 aromatic carbocycles. The number of anilines is 1. The van der Waals surface area contributed by atoms with Crippen LogP contribution in [-0.4, -0.2) is 56.9 Å². The van der Waals surface area contributed by atoms with Crippen LogP contribution in [0.5, 0.6) is 0 Å². The maximum atomic E-state index is 12.5. The summed E-state index contributed by atoms with van der Waals surface area (Å²) >= 11 is 0. The van der Waals surface area contributed by atoms with Crippen molar-refractivity contribution in [1.82, 2.24) is 14.9 Å².